The number of nitrogens with one attached hydrogen (secondary N) is 1. The average molecular weight is 469 g/mol. The van der Waals surface area contributed by atoms with Gasteiger partial charge in [-0.2, -0.15) is 0 Å². The third-order valence-corrected chi connectivity index (χ3v) is 5.72. The molecule has 2 aromatic rings. The van der Waals surface area contributed by atoms with E-state index in [4.69, 9.17) is 14.6 Å². The molecule has 1 aliphatic rings. The number of alkyl carbamates (subject to hydrolysis) is 1. The van der Waals surface area contributed by atoms with Crippen molar-refractivity contribution in [3.63, 3.8) is 0 Å². The Kier molecular flexibility index (Phi) is 7.88. The van der Waals surface area contributed by atoms with Crippen LogP contribution in [0.25, 0.3) is 11.1 Å². The second-order valence-electron chi connectivity index (χ2n) is 8.11. The molecule has 2 N–H and O–H groups in total. The molecule has 0 spiro atoms. The monoisotopic (exact) mass is 468 g/mol. The second-order valence-corrected chi connectivity index (χ2v) is 8.11. The highest BCUT2D eigenvalue weighted by Crippen LogP contribution is 2.44. The standard InChI is InChI=1S/C25H28N2O7/c1-4-33-24(31)21(22(28)27(3)13-15(2)23(29)30)26-25(32)34-14-20-18-11-7-5-9-16(18)17-10-6-8-12-19(17)20/h5-12,15,20-21H,4,13-14H2,1-3H3,(H,26,32)(H,29,30). The number of hydrogen-bond acceptors (Lipinski definition) is 6. The van der Waals surface area contributed by atoms with Gasteiger partial charge in [-0.05, 0) is 29.2 Å². The highest BCUT2D eigenvalue weighted by Gasteiger charge is 2.35. The van der Waals surface area contributed by atoms with Crippen LogP contribution in [0.4, 0.5) is 4.79 Å². The molecule has 0 bridgehead atoms. The summed E-state index contributed by atoms with van der Waals surface area (Å²) < 4.78 is 10.4. The number of carbonyl (C=O) groups excluding carboxylic acids is 3. The second kappa shape index (κ2) is 10.8. The Morgan fingerprint density at radius 1 is 1.00 bits per heavy atom. The lowest BCUT2D eigenvalue weighted by atomic mass is 9.98. The van der Waals surface area contributed by atoms with Crippen molar-refractivity contribution in [3.8, 4) is 11.1 Å². The predicted molar refractivity (Wildman–Crippen MR) is 123 cm³/mol. The van der Waals surface area contributed by atoms with Gasteiger partial charge >= 0.3 is 18.0 Å². The minimum atomic E-state index is -1.65. The van der Waals surface area contributed by atoms with Crippen LogP contribution in [0.15, 0.2) is 48.5 Å². The Hall–Kier alpha value is -3.88. The minimum Gasteiger partial charge on any atom is -0.481 e. The molecule has 0 fully saturated rings. The van der Waals surface area contributed by atoms with Crippen molar-refractivity contribution in [1.82, 2.24) is 10.2 Å². The third kappa shape index (κ3) is 5.36. The van der Waals surface area contributed by atoms with Gasteiger partial charge in [-0.1, -0.05) is 55.5 Å². The fraction of sp³-hybridized carbons (Fsp3) is 0.360. The van der Waals surface area contributed by atoms with Crippen LogP contribution in [0.1, 0.15) is 30.9 Å². The highest BCUT2D eigenvalue weighted by molar-refractivity contribution is 6.04. The zero-order valence-electron chi connectivity index (χ0n) is 19.3. The molecule has 2 unspecified atom stereocenters. The quantitative estimate of drug-likeness (QED) is 0.428. The number of amides is 2. The van der Waals surface area contributed by atoms with Crippen LogP contribution >= 0.6 is 0 Å². The Morgan fingerprint density at radius 2 is 1.56 bits per heavy atom. The highest BCUT2D eigenvalue weighted by atomic mass is 16.6. The number of esters is 1. The van der Waals surface area contributed by atoms with E-state index < -0.39 is 35.9 Å². The van der Waals surface area contributed by atoms with Gasteiger partial charge in [-0.15, -0.1) is 0 Å². The van der Waals surface area contributed by atoms with Gasteiger partial charge in [0.15, 0.2) is 0 Å². The lowest BCUT2D eigenvalue weighted by Gasteiger charge is -2.24. The fourth-order valence-corrected chi connectivity index (χ4v) is 4.00. The smallest absolute Gasteiger partial charge is 0.408 e. The molecule has 0 saturated carbocycles. The topological polar surface area (TPSA) is 122 Å². The summed E-state index contributed by atoms with van der Waals surface area (Å²) in [5, 5.41) is 11.4. The van der Waals surface area contributed by atoms with Gasteiger partial charge in [-0.25, -0.2) is 9.59 Å². The van der Waals surface area contributed by atoms with Crippen molar-refractivity contribution >= 4 is 23.9 Å². The SMILES string of the molecule is CCOC(=O)C(NC(=O)OCC1c2ccccc2-c2ccccc21)C(=O)N(C)CC(C)C(=O)O. The summed E-state index contributed by atoms with van der Waals surface area (Å²) in [6.45, 7) is 2.88. The van der Waals surface area contributed by atoms with Gasteiger partial charge in [0.05, 0.1) is 12.5 Å². The van der Waals surface area contributed by atoms with Gasteiger partial charge in [0.2, 0.25) is 6.04 Å². The molecule has 2 aromatic carbocycles. The molecule has 3 rings (SSSR count). The summed E-state index contributed by atoms with van der Waals surface area (Å²) in [6.07, 6.45) is -0.951. The van der Waals surface area contributed by atoms with Gasteiger partial charge in [0.1, 0.15) is 6.61 Å². The van der Waals surface area contributed by atoms with Crippen molar-refractivity contribution in [3.05, 3.63) is 59.7 Å². The van der Waals surface area contributed by atoms with E-state index in [1.54, 1.807) is 6.92 Å². The summed E-state index contributed by atoms with van der Waals surface area (Å²) >= 11 is 0. The summed E-state index contributed by atoms with van der Waals surface area (Å²) in [5.74, 6) is -3.87. The number of carboxylic acid groups (broad SMARTS) is 1. The van der Waals surface area contributed by atoms with E-state index in [2.05, 4.69) is 5.32 Å². The summed E-state index contributed by atoms with van der Waals surface area (Å²) in [4.78, 5) is 50.0. The molecule has 180 valence electrons. The van der Waals surface area contributed by atoms with E-state index in [0.29, 0.717) is 0 Å². The number of carbonyl (C=O) groups is 4. The Morgan fingerprint density at radius 3 is 2.09 bits per heavy atom. The lowest BCUT2D eigenvalue weighted by molar-refractivity contribution is -0.152. The van der Waals surface area contributed by atoms with E-state index in [9.17, 15) is 19.2 Å². The predicted octanol–water partition coefficient (Wildman–Crippen LogP) is 2.64. The number of nitrogens with zero attached hydrogens (tertiary/aromatic N) is 1. The number of hydrogen-bond donors (Lipinski definition) is 2. The van der Waals surface area contributed by atoms with Crippen LogP contribution in [-0.2, 0) is 23.9 Å². The van der Waals surface area contributed by atoms with Crippen molar-refractivity contribution in [2.24, 2.45) is 5.92 Å². The van der Waals surface area contributed by atoms with Crippen LogP contribution in [-0.4, -0.2) is 66.8 Å². The first-order valence-corrected chi connectivity index (χ1v) is 11.0. The molecule has 2 atom stereocenters. The van der Waals surface area contributed by atoms with Gasteiger partial charge < -0.3 is 19.5 Å². The first-order chi connectivity index (χ1) is 16.2. The number of fused-ring (bicyclic) bond motifs is 3. The Bertz CT molecular complexity index is 1040. The first-order valence-electron chi connectivity index (χ1n) is 11.0. The van der Waals surface area contributed by atoms with Crippen molar-refractivity contribution in [2.75, 3.05) is 26.8 Å². The molecule has 9 heteroatoms. The molecular weight excluding hydrogens is 440 g/mol. The number of ether oxygens (including phenoxy) is 2. The molecule has 0 radical (unpaired) electrons. The van der Waals surface area contributed by atoms with E-state index in [1.807, 2.05) is 48.5 Å². The number of aliphatic carboxylic acids is 1. The number of likely N-dealkylation sites (N-methyl/N-ethyl adjacent to an activating group) is 1. The Labute approximate surface area is 197 Å². The average Bonchev–Trinajstić information content (AvgIpc) is 3.14. The number of benzene rings is 2. The zero-order chi connectivity index (χ0) is 24.8. The summed E-state index contributed by atoms with van der Waals surface area (Å²) in [6, 6.07) is 14.1. The number of rotatable bonds is 9. The maximum atomic E-state index is 12.8. The lowest BCUT2D eigenvalue weighted by Crippen LogP contribution is -2.53. The van der Waals surface area contributed by atoms with Gasteiger partial charge in [0, 0.05) is 19.5 Å². The van der Waals surface area contributed by atoms with Gasteiger partial charge in [0.25, 0.3) is 5.91 Å². The molecule has 9 nitrogen and oxygen atoms in total. The molecule has 0 aliphatic heterocycles. The molecule has 0 heterocycles. The molecule has 2 amide bonds. The number of carboxylic acids is 1. The normalized spacial score (nSPS) is 13.7. The van der Waals surface area contributed by atoms with Crippen LogP contribution in [0.2, 0.25) is 0 Å². The third-order valence-electron chi connectivity index (χ3n) is 5.72. The summed E-state index contributed by atoms with van der Waals surface area (Å²) in [5.41, 5.74) is 4.19. The Balaban J connectivity index is 1.70. The van der Waals surface area contributed by atoms with Crippen molar-refractivity contribution in [1.29, 1.82) is 0 Å². The van der Waals surface area contributed by atoms with E-state index in [0.717, 1.165) is 27.2 Å². The van der Waals surface area contributed by atoms with Crippen LogP contribution in [0.3, 0.4) is 0 Å². The first kappa shape index (κ1) is 24.8. The minimum absolute atomic E-state index is 0.00419. The van der Waals surface area contributed by atoms with Crippen LogP contribution in [0, 0.1) is 5.92 Å². The van der Waals surface area contributed by atoms with Gasteiger partial charge in [-0.3, -0.25) is 14.9 Å². The maximum Gasteiger partial charge on any atom is 0.408 e. The maximum absolute atomic E-state index is 12.8. The van der Waals surface area contributed by atoms with Crippen LogP contribution in [0.5, 0.6) is 0 Å². The fourth-order valence-electron chi connectivity index (χ4n) is 4.00. The van der Waals surface area contributed by atoms with Crippen molar-refractivity contribution in [2.45, 2.75) is 25.8 Å². The zero-order valence-corrected chi connectivity index (χ0v) is 19.3. The molecule has 34 heavy (non-hydrogen) atoms. The molecule has 0 saturated heterocycles. The molecular formula is C25H28N2O7. The summed E-state index contributed by atoms with van der Waals surface area (Å²) in [7, 11) is 1.35. The van der Waals surface area contributed by atoms with E-state index in [1.165, 1.54) is 14.0 Å². The van der Waals surface area contributed by atoms with Crippen LogP contribution < -0.4 is 5.32 Å². The molecule has 1 aliphatic carbocycles. The largest absolute Gasteiger partial charge is 0.481 e. The molecule has 0 aromatic heterocycles. The van der Waals surface area contributed by atoms with E-state index >= 15 is 0 Å². The van der Waals surface area contributed by atoms with E-state index in [-0.39, 0.29) is 25.7 Å². The van der Waals surface area contributed by atoms with Crippen molar-refractivity contribution < 1.29 is 33.8 Å².